The van der Waals surface area contributed by atoms with Gasteiger partial charge in [-0.2, -0.15) is 5.10 Å². The summed E-state index contributed by atoms with van der Waals surface area (Å²) in [4.78, 5) is 24.5. The maximum atomic E-state index is 12.7. The third kappa shape index (κ3) is 3.44. The van der Waals surface area contributed by atoms with Crippen LogP contribution >= 0.6 is 0 Å². The molecule has 8 heteroatoms. The van der Waals surface area contributed by atoms with Gasteiger partial charge in [-0.05, 0) is 24.3 Å². The molecule has 5 rings (SSSR count). The first kappa shape index (κ1) is 21.7. The van der Waals surface area contributed by atoms with E-state index in [1.165, 1.54) is 12.3 Å². The molecule has 1 N–H and O–H groups in total. The smallest absolute Gasteiger partial charge is 0.341 e. The number of nitrogens with zero attached hydrogens (tertiary/aromatic N) is 3. The Bertz CT molecular complexity index is 1290. The number of rotatable bonds is 6. The summed E-state index contributed by atoms with van der Waals surface area (Å²) in [7, 11) is 1.67. The summed E-state index contributed by atoms with van der Waals surface area (Å²) in [5.41, 5.74) is 1.54. The highest BCUT2D eigenvalue weighted by molar-refractivity contribution is 5.97. The van der Waals surface area contributed by atoms with E-state index in [0.717, 1.165) is 42.3 Å². The van der Waals surface area contributed by atoms with Crippen molar-refractivity contribution in [3.63, 3.8) is 0 Å². The van der Waals surface area contributed by atoms with E-state index in [9.17, 15) is 14.7 Å². The number of pyridine rings is 1. The van der Waals surface area contributed by atoms with Gasteiger partial charge in [0.25, 0.3) is 0 Å². The minimum absolute atomic E-state index is 0.00664. The molecule has 1 unspecified atom stereocenters. The molecular formula is C25H29N3O5. The second-order valence-corrected chi connectivity index (χ2v) is 9.68. The van der Waals surface area contributed by atoms with Crippen LogP contribution in [0.4, 0.5) is 0 Å². The second-order valence-electron chi connectivity index (χ2n) is 9.68. The van der Waals surface area contributed by atoms with Gasteiger partial charge in [0.1, 0.15) is 16.8 Å². The normalized spacial score (nSPS) is 20.7. The number of hydrogen-bond donors (Lipinski definition) is 1. The van der Waals surface area contributed by atoms with E-state index >= 15 is 0 Å². The van der Waals surface area contributed by atoms with E-state index < -0.39 is 11.4 Å². The number of carboxylic acids is 1. The Hall–Kier alpha value is -3.13. The van der Waals surface area contributed by atoms with Crippen LogP contribution in [0.1, 0.15) is 62.0 Å². The van der Waals surface area contributed by atoms with Crippen molar-refractivity contribution in [3.05, 3.63) is 46.2 Å². The van der Waals surface area contributed by atoms with Crippen LogP contribution in [-0.4, -0.2) is 45.7 Å². The molecule has 2 aromatic heterocycles. The topological polar surface area (TPSA) is 95.6 Å². The van der Waals surface area contributed by atoms with Crippen LogP contribution in [0.25, 0.3) is 22.3 Å². The quantitative estimate of drug-likeness (QED) is 0.562. The molecule has 8 nitrogen and oxygen atoms in total. The van der Waals surface area contributed by atoms with Crippen molar-refractivity contribution in [3.8, 4) is 17.1 Å². The third-order valence-corrected chi connectivity index (χ3v) is 7.09. The van der Waals surface area contributed by atoms with Crippen molar-refractivity contribution in [1.82, 2.24) is 14.3 Å². The Labute approximate surface area is 191 Å². The maximum Gasteiger partial charge on any atom is 0.341 e. The minimum atomic E-state index is -1.20. The van der Waals surface area contributed by atoms with E-state index in [1.807, 2.05) is 22.8 Å². The van der Waals surface area contributed by atoms with E-state index in [2.05, 4.69) is 18.5 Å². The van der Waals surface area contributed by atoms with Gasteiger partial charge in [0.15, 0.2) is 5.43 Å². The number of aromatic nitrogens is 3. The standard InChI is InChI=1S/C25H29N3O5/c1-25(2)10-5-8-17-23(25)27-14-16(24(30)31)19(29)13-18(27)22-15-7-4-9-20(21(15)26-28(17)22)33-12-6-11-32-3/h4,7,9,13-14,17,23H,5-6,8,10-12H2,1-3H3,(H,30,31)/t17-,23?/m1/s1. The summed E-state index contributed by atoms with van der Waals surface area (Å²) in [5.74, 6) is -0.496. The lowest BCUT2D eigenvalue weighted by molar-refractivity contribution is 0.0675. The number of fused-ring (bicyclic) bond motifs is 8. The number of benzene rings is 1. The monoisotopic (exact) mass is 451 g/mol. The molecule has 0 amide bonds. The molecule has 1 aliphatic heterocycles. The highest BCUT2D eigenvalue weighted by Gasteiger charge is 2.46. The predicted octanol–water partition coefficient (Wildman–Crippen LogP) is 4.28. The summed E-state index contributed by atoms with van der Waals surface area (Å²) < 4.78 is 15.2. The number of carbonyl (C=O) groups is 1. The minimum Gasteiger partial charge on any atom is -0.491 e. The van der Waals surface area contributed by atoms with Gasteiger partial charge in [0, 0.05) is 37.8 Å². The van der Waals surface area contributed by atoms with Crippen molar-refractivity contribution >= 4 is 16.9 Å². The fraction of sp³-hybridized carbons (Fsp3) is 0.480. The molecule has 0 bridgehead atoms. The van der Waals surface area contributed by atoms with Crippen LogP contribution in [0, 0.1) is 5.41 Å². The van der Waals surface area contributed by atoms with Crippen LogP contribution in [-0.2, 0) is 4.74 Å². The first-order valence-corrected chi connectivity index (χ1v) is 11.5. The number of aromatic carboxylic acids is 1. The van der Waals surface area contributed by atoms with Crippen molar-refractivity contribution in [2.45, 2.75) is 51.6 Å². The number of methoxy groups -OCH3 is 1. The van der Waals surface area contributed by atoms with E-state index in [1.54, 1.807) is 7.11 Å². The van der Waals surface area contributed by atoms with Gasteiger partial charge in [0.05, 0.1) is 30.1 Å². The van der Waals surface area contributed by atoms with Gasteiger partial charge in [-0.1, -0.05) is 32.4 Å². The average Bonchev–Trinajstić information content (AvgIpc) is 3.17. The number of ether oxygens (including phenoxy) is 2. The lowest BCUT2D eigenvalue weighted by Crippen LogP contribution is -2.42. The van der Waals surface area contributed by atoms with Crippen molar-refractivity contribution in [2.24, 2.45) is 5.41 Å². The van der Waals surface area contributed by atoms with Gasteiger partial charge < -0.3 is 19.1 Å². The summed E-state index contributed by atoms with van der Waals surface area (Å²) in [5, 5.41) is 15.5. The van der Waals surface area contributed by atoms with Gasteiger partial charge in [-0.15, -0.1) is 0 Å². The molecule has 3 aromatic rings. The summed E-state index contributed by atoms with van der Waals surface area (Å²) >= 11 is 0. The molecule has 0 saturated heterocycles. The van der Waals surface area contributed by atoms with Gasteiger partial charge in [-0.25, -0.2) is 4.79 Å². The molecule has 1 aliphatic carbocycles. The molecule has 1 aromatic carbocycles. The maximum absolute atomic E-state index is 12.7. The molecule has 174 valence electrons. The van der Waals surface area contributed by atoms with E-state index in [4.69, 9.17) is 14.6 Å². The van der Waals surface area contributed by atoms with Gasteiger partial charge >= 0.3 is 5.97 Å². The summed E-state index contributed by atoms with van der Waals surface area (Å²) in [6, 6.07) is 7.36. The summed E-state index contributed by atoms with van der Waals surface area (Å²) in [6.45, 7) is 5.57. The Morgan fingerprint density at radius 2 is 2.12 bits per heavy atom. The van der Waals surface area contributed by atoms with Gasteiger partial charge in [-0.3, -0.25) is 9.48 Å². The van der Waals surface area contributed by atoms with Crippen LogP contribution in [0.5, 0.6) is 5.75 Å². The van der Waals surface area contributed by atoms with Crippen molar-refractivity contribution in [2.75, 3.05) is 20.3 Å². The SMILES string of the molecule is COCCCOc1cccc2c3n(nc12)[C@@H]1CCCC(C)(C)C1n1cc(C(=O)O)c(=O)cc1-3. The van der Waals surface area contributed by atoms with Crippen molar-refractivity contribution < 1.29 is 19.4 Å². The molecule has 33 heavy (non-hydrogen) atoms. The van der Waals surface area contributed by atoms with Crippen LogP contribution in [0.2, 0.25) is 0 Å². The zero-order chi connectivity index (χ0) is 23.3. The molecule has 2 aliphatic rings. The Balaban J connectivity index is 1.73. The molecule has 1 fully saturated rings. The second kappa shape index (κ2) is 8.02. The zero-order valence-corrected chi connectivity index (χ0v) is 19.2. The Morgan fingerprint density at radius 1 is 1.30 bits per heavy atom. The molecule has 3 heterocycles. The molecule has 0 radical (unpaired) electrons. The van der Waals surface area contributed by atoms with E-state index in [0.29, 0.717) is 24.7 Å². The fourth-order valence-corrected chi connectivity index (χ4v) is 5.64. The average molecular weight is 452 g/mol. The number of carboxylic acid groups (broad SMARTS) is 1. The van der Waals surface area contributed by atoms with Crippen molar-refractivity contribution in [1.29, 1.82) is 0 Å². The lowest BCUT2D eigenvalue weighted by Gasteiger charge is -2.48. The third-order valence-electron chi connectivity index (χ3n) is 7.09. The molecular weight excluding hydrogens is 422 g/mol. The molecule has 2 atom stereocenters. The van der Waals surface area contributed by atoms with E-state index in [-0.39, 0.29) is 23.1 Å². The first-order valence-electron chi connectivity index (χ1n) is 11.5. The van der Waals surface area contributed by atoms with Crippen LogP contribution in [0.15, 0.2) is 35.3 Å². The number of hydrogen-bond acceptors (Lipinski definition) is 5. The molecule has 1 saturated carbocycles. The highest BCUT2D eigenvalue weighted by atomic mass is 16.5. The van der Waals surface area contributed by atoms with Crippen LogP contribution < -0.4 is 10.2 Å². The predicted molar refractivity (Wildman–Crippen MR) is 124 cm³/mol. The Morgan fingerprint density at radius 3 is 2.88 bits per heavy atom. The summed E-state index contributed by atoms with van der Waals surface area (Å²) in [6.07, 6.45) is 5.33. The van der Waals surface area contributed by atoms with Crippen LogP contribution in [0.3, 0.4) is 0 Å². The van der Waals surface area contributed by atoms with Gasteiger partial charge in [0.2, 0.25) is 0 Å². The highest BCUT2D eigenvalue weighted by Crippen LogP contribution is 2.54. The lowest BCUT2D eigenvalue weighted by atomic mass is 9.69. The fourth-order valence-electron chi connectivity index (χ4n) is 5.64. The first-order chi connectivity index (χ1) is 15.8. The largest absolute Gasteiger partial charge is 0.491 e. The molecule has 0 spiro atoms. The zero-order valence-electron chi connectivity index (χ0n) is 19.2. The Kier molecular flexibility index (Phi) is 5.28.